The fourth-order valence-electron chi connectivity index (χ4n) is 1.67. The molecule has 5 nitrogen and oxygen atoms in total. The number of rotatable bonds is 6. The average Bonchev–Trinajstić information content (AvgIpc) is 2.44. The van der Waals surface area contributed by atoms with E-state index in [0.29, 0.717) is 6.42 Å². The van der Waals surface area contributed by atoms with Crippen molar-refractivity contribution in [3.63, 3.8) is 0 Å². The van der Waals surface area contributed by atoms with Crippen molar-refractivity contribution < 1.29 is 9.90 Å². The van der Waals surface area contributed by atoms with Crippen LogP contribution in [0.1, 0.15) is 24.2 Å². The first-order chi connectivity index (χ1) is 7.49. The Bertz CT molecular complexity index is 360. The lowest BCUT2D eigenvalue weighted by atomic mass is 10.3. The summed E-state index contributed by atoms with van der Waals surface area (Å²) in [6, 6.07) is 2.05. The smallest absolute Gasteiger partial charge is 0.303 e. The van der Waals surface area contributed by atoms with E-state index in [2.05, 4.69) is 10.00 Å². The molecule has 0 radical (unpaired) electrons. The number of carbonyl (C=O) groups is 1. The number of hydrogen-bond acceptors (Lipinski definition) is 3. The van der Waals surface area contributed by atoms with Gasteiger partial charge in [-0.3, -0.25) is 9.48 Å². The fourth-order valence-corrected chi connectivity index (χ4v) is 1.67. The van der Waals surface area contributed by atoms with E-state index in [0.717, 1.165) is 24.5 Å². The number of aryl methyl sites for hydroxylation is 2. The molecule has 0 aliphatic carbocycles. The second kappa shape index (κ2) is 5.65. The zero-order chi connectivity index (χ0) is 12.1. The zero-order valence-corrected chi connectivity index (χ0v) is 10.1. The molecule has 0 saturated carbocycles. The first kappa shape index (κ1) is 12.7. The summed E-state index contributed by atoms with van der Waals surface area (Å²) in [4.78, 5) is 12.5. The van der Waals surface area contributed by atoms with Crippen LogP contribution in [0, 0.1) is 6.92 Å². The maximum Gasteiger partial charge on any atom is 0.303 e. The number of aliphatic carboxylic acids is 1. The first-order valence-electron chi connectivity index (χ1n) is 5.39. The molecule has 0 saturated heterocycles. The lowest BCUT2D eigenvalue weighted by molar-refractivity contribution is -0.137. The summed E-state index contributed by atoms with van der Waals surface area (Å²) in [6.07, 6.45) is 0.914. The molecule has 0 amide bonds. The van der Waals surface area contributed by atoms with Gasteiger partial charge in [-0.2, -0.15) is 5.10 Å². The summed E-state index contributed by atoms with van der Waals surface area (Å²) in [7, 11) is 3.91. The van der Waals surface area contributed by atoms with Crippen LogP contribution in [0.5, 0.6) is 0 Å². The van der Waals surface area contributed by atoms with Crippen molar-refractivity contribution in [2.75, 3.05) is 13.6 Å². The molecule has 5 heteroatoms. The summed E-state index contributed by atoms with van der Waals surface area (Å²) >= 11 is 0. The molecule has 0 fully saturated rings. The Kier molecular flexibility index (Phi) is 4.49. The highest BCUT2D eigenvalue weighted by molar-refractivity contribution is 5.66. The average molecular weight is 225 g/mol. The third kappa shape index (κ3) is 4.02. The molecule has 1 rings (SSSR count). The van der Waals surface area contributed by atoms with Crippen molar-refractivity contribution in [1.82, 2.24) is 14.7 Å². The van der Waals surface area contributed by atoms with E-state index in [9.17, 15) is 4.79 Å². The Morgan fingerprint density at radius 2 is 2.31 bits per heavy atom. The second-order valence-corrected chi connectivity index (χ2v) is 4.14. The van der Waals surface area contributed by atoms with Crippen LogP contribution in [0.3, 0.4) is 0 Å². The highest BCUT2D eigenvalue weighted by atomic mass is 16.4. The van der Waals surface area contributed by atoms with Crippen LogP contribution < -0.4 is 0 Å². The van der Waals surface area contributed by atoms with Crippen molar-refractivity contribution in [2.45, 2.75) is 26.3 Å². The van der Waals surface area contributed by atoms with Crippen LogP contribution in [0.15, 0.2) is 6.07 Å². The Labute approximate surface area is 95.7 Å². The third-order valence-corrected chi connectivity index (χ3v) is 2.46. The van der Waals surface area contributed by atoms with E-state index in [4.69, 9.17) is 5.11 Å². The van der Waals surface area contributed by atoms with Crippen molar-refractivity contribution in [3.05, 3.63) is 17.5 Å². The van der Waals surface area contributed by atoms with Gasteiger partial charge in [-0.25, -0.2) is 0 Å². The Balaban J connectivity index is 2.36. The quantitative estimate of drug-likeness (QED) is 0.785. The minimum Gasteiger partial charge on any atom is -0.481 e. The lowest BCUT2D eigenvalue weighted by Crippen LogP contribution is -2.21. The molecule has 0 atom stereocenters. The zero-order valence-electron chi connectivity index (χ0n) is 10.1. The fraction of sp³-hybridized carbons (Fsp3) is 0.636. The Morgan fingerprint density at radius 3 is 2.81 bits per heavy atom. The predicted octanol–water partition coefficient (Wildman–Crippen LogP) is 1.03. The molecule has 0 aromatic carbocycles. The van der Waals surface area contributed by atoms with Gasteiger partial charge in [0.25, 0.3) is 0 Å². The van der Waals surface area contributed by atoms with E-state index < -0.39 is 5.97 Å². The van der Waals surface area contributed by atoms with Gasteiger partial charge in [0.2, 0.25) is 0 Å². The van der Waals surface area contributed by atoms with E-state index in [-0.39, 0.29) is 6.42 Å². The summed E-state index contributed by atoms with van der Waals surface area (Å²) < 4.78 is 1.86. The minimum atomic E-state index is -0.732. The Morgan fingerprint density at radius 1 is 1.62 bits per heavy atom. The van der Waals surface area contributed by atoms with Crippen LogP contribution in [-0.2, 0) is 18.4 Å². The third-order valence-electron chi connectivity index (χ3n) is 2.46. The maximum atomic E-state index is 10.4. The number of carboxylic acids is 1. The van der Waals surface area contributed by atoms with Gasteiger partial charge in [0, 0.05) is 20.0 Å². The number of aromatic nitrogens is 2. The van der Waals surface area contributed by atoms with Gasteiger partial charge in [-0.15, -0.1) is 0 Å². The van der Waals surface area contributed by atoms with E-state index in [1.807, 2.05) is 31.8 Å². The summed E-state index contributed by atoms with van der Waals surface area (Å²) in [5.74, 6) is -0.732. The van der Waals surface area contributed by atoms with Gasteiger partial charge in [-0.1, -0.05) is 0 Å². The highest BCUT2D eigenvalue weighted by Gasteiger charge is 2.06. The minimum absolute atomic E-state index is 0.231. The summed E-state index contributed by atoms with van der Waals surface area (Å²) in [6.45, 7) is 3.56. The van der Waals surface area contributed by atoms with Crippen LogP contribution >= 0.6 is 0 Å². The molecule has 0 aliphatic heterocycles. The number of carboxylic acid groups (broad SMARTS) is 1. The lowest BCUT2D eigenvalue weighted by Gasteiger charge is -2.15. The van der Waals surface area contributed by atoms with Crippen LogP contribution in [0.2, 0.25) is 0 Å². The largest absolute Gasteiger partial charge is 0.481 e. The van der Waals surface area contributed by atoms with Gasteiger partial charge < -0.3 is 10.0 Å². The predicted molar refractivity (Wildman–Crippen MR) is 61.1 cm³/mol. The van der Waals surface area contributed by atoms with Gasteiger partial charge in [0.1, 0.15) is 0 Å². The highest BCUT2D eigenvalue weighted by Crippen LogP contribution is 2.05. The number of hydrogen-bond donors (Lipinski definition) is 1. The van der Waals surface area contributed by atoms with Crippen molar-refractivity contribution in [3.8, 4) is 0 Å². The molecule has 1 N–H and O–H groups in total. The molecular formula is C11H19N3O2. The molecule has 0 unspecified atom stereocenters. The molecule has 0 bridgehead atoms. The summed E-state index contributed by atoms with van der Waals surface area (Å²) in [5, 5.41) is 12.8. The number of nitrogens with zero attached hydrogens (tertiary/aromatic N) is 3. The van der Waals surface area contributed by atoms with Gasteiger partial charge in [-0.05, 0) is 33.0 Å². The molecule has 1 heterocycles. The van der Waals surface area contributed by atoms with Crippen LogP contribution in [-0.4, -0.2) is 39.3 Å². The monoisotopic (exact) mass is 225 g/mol. The molecular weight excluding hydrogens is 206 g/mol. The van der Waals surface area contributed by atoms with Crippen LogP contribution in [0.25, 0.3) is 0 Å². The van der Waals surface area contributed by atoms with Gasteiger partial charge >= 0.3 is 5.97 Å². The molecule has 16 heavy (non-hydrogen) atoms. The molecule has 0 spiro atoms. The normalized spacial score (nSPS) is 11.0. The standard InChI is InChI=1S/C11H19N3O2/c1-9-7-10(14(3)12-9)8-13(2)6-4-5-11(15)16/h7H,4-6,8H2,1-3H3,(H,15,16). The SMILES string of the molecule is Cc1cc(CN(C)CCCC(=O)O)n(C)n1. The first-order valence-corrected chi connectivity index (χ1v) is 5.39. The molecule has 90 valence electrons. The van der Waals surface area contributed by atoms with Gasteiger partial charge in [0.15, 0.2) is 0 Å². The molecule has 0 aliphatic rings. The van der Waals surface area contributed by atoms with Crippen LogP contribution in [0.4, 0.5) is 0 Å². The van der Waals surface area contributed by atoms with Crippen molar-refractivity contribution in [1.29, 1.82) is 0 Å². The van der Waals surface area contributed by atoms with Crippen molar-refractivity contribution >= 4 is 5.97 Å². The maximum absolute atomic E-state index is 10.4. The van der Waals surface area contributed by atoms with E-state index in [1.54, 1.807) is 0 Å². The van der Waals surface area contributed by atoms with E-state index >= 15 is 0 Å². The molecule has 1 aromatic rings. The summed E-state index contributed by atoms with van der Waals surface area (Å²) in [5.41, 5.74) is 2.16. The van der Waals surface area contributed by atoms with Gasteiger partial charge in [0.05, 0.1) is 11.4 Å². The van der Waals surface area contributed by atoms with Crippen molar-refractivity contribution in [2.24, 2.45) is 7.05 Å². The second-order valence-electron chi connectivity index (χ2n) is 4.14. The topological polar surface area (TPSA) is 58.4 Å². The Hall–Kier alpha value is -1.36. The van der Waals surface area contributed by atoms with E-state index in [1.165, 1.54) is 0 Å². The molecule has 1 aromatic heterocycles.